The van der Waals surface area contributed by atoms with Crippen LogP contribution in [0.25, 0.3) is 90.4 Å². The van der Waals surface area contributed by atoms with Crippen LogP contribution in [0.3, 0.4) is 0 Å². The van der Waals surface area contributed by atoms with Gasteiger partial charge in [0.25, 0.3) is 0 Å². The molecule has 0 atom stereocenters. The van der Waals surface area contributed by atoms with Crippen LogP contribution in [-0.4, -0.2) is 26.2 Å². The van der Waals surface area contributed by atoms with E-state index in [1.807, 2.05) is 54.6 Å². The van der Waals surface area contributed by atoms with Gasteiger partial charge in [-0.2, -0.15) is 0 Å². The summed E-state index contributed by atoms with van der Waals surface area (Å²) in [6, 6.07) is 49.9. The van der Waals surface area contributed by atoms with Gasteiger partial charge in [0.05, 0.1) is 22.8 Å². The number of hydrogen-bond acceptors (Lipinski definition) is 3. The summed E-state index contributed by atoms with van der Waals surface area (Å²) in [5.41, 5.74) is 15.8. The first-order chi connectivity index (χ1) is 25.7. The van der Waals surface area contributed by atoms with Gasteiger partial charge in [-0.25, -0.2) is 9.97 Å². The van der Waals surface area contributed by atoms with Crippen molar-refractivity contribution in [2.75, 3.05) is 0 Å². The highest BCUT2D eigenvalue weighted by Gasteiger charge is 2.21. The Morgan fingerprint density at radius 1 is 0.423 bits per heavy atom. The third-order valence-electron chi connectivity index (χ3n) is 9.50. The topological polar surface area (TPSA) is 74.4 Å². The molecule has 2 aliphatic rings. The Balaban J connectivity index is 1.51. The first kappa shape index (κ1) is 30.9. The van der Waals surface area contributed by atoms with Crippen LogP contribution in [0.5, 0.6) is 0 Å². The van der Waals surface area contributed by atoms with Crippen molar-refractivity contribution >= 4 is 52.2 Å². The van der Waals surface area contributed by atoms with Crippen molar-refractivity contribution in [3.63, 3.8) is 0 Å². The number of carbonyl (C=O) groups excluding carboxylic acids is 1. The minimum Gasteiger partial charge on any atom is -0.354 e. The maximum atomic E-state index is 11.7. The first-order valence-corrected chi connectivity index (χ1v) is 17.3. The number of fused-ring (bicyclic) bond motifs is 8. The van der Waals surface area contributed by atoms with Crippen molar-refractivity contribution in [2.24, 2.45) is 0 Å². The van der Waals surface area contributed by atoms with Gasteiger partial charge < -0.3 is 9.97 Å². The molecule has 0 unspecified atom stereocenters. The van der Waals surface area contributed by atoms with Crippen LogP contribution in [-0.2, 0) is 4.79 Å². The highest BCUT2D eigenvalue weighted by molar-refractivity contribution is 6.04. The molecule has 5 heteroatoms. The molecule has 0 radical (unpaired) electrons. The molecule has 246 valence electrons. The van der Waals surface area contributed by atoms with Crippen LogP contribution in [0.2, 0.25) is 0 Å². The fourth-order valence-corrected chi connectivity index (χ4v) is 7.21. The van der Waals surface area contributed by atoms with Crippen molar-refractivity contribution < 1.29 is 4.79 Å². The number of benzene rings is 4. The van der Waals surface area contributed by atoms with Gasteiger partial charge in [0.2, 0.25) is 0 Å². The number of hydrogen-bond donors (Lipinski definition) is 2. The predicted molar refractivity (Wildman–Crippen MR) is 215 cm³/mol. The molecule has 0 spiro atoms. The monoisotopic (exact) mass is 668 g/mol. The van der Waals surface area contributed by atoms with E-state index in [2.05, 4.69) is 125 Å². The zero-order chi connectivity index (χ0) is 34.9. The van der Waals surface area contributed by atoms with Crippen LogP contribution >= 0.6 is 0 Å². The van der Waals surface area contributed by atoms with Crippen molar-refractivity contribution in [3.05, 3.63) is 181 Å². The number of carbonyl (C=O) groups is 1. The van der Waals surface area contributed by atoms with Crippen LogP contribution in [0.1, 0.15) is 22.8 Å². The molecule has 5 heterocycles. The maximum absolute atomic E-state index is 11.7. The minimum atomic E-state index is 0.770. The molecule has 8 bridgehead atoms. The summed E-state index contributed by atoms with van der Waals surface area (Å²) in [6.45, 7) is 0. The van der Waals surface area contributed by atoms with Gasteiger partial charge in [-0.3, -0.25) is 4.79 Å². The average molecular weight is 669 g/mol. The second-order valence-corrected chi connectivity index (χ2v) is 12.7. The summed E-state index contributed by atoms with van der Waals surface area (Å²) >= 11 is 0. The number of rotatable bonds is 6. The number of aromatic amines is 2. The number of allylic oxidation sites excluding steroid dienone is 3. The molecule has 52 heavy (non-hydrogen) atoms. The number of nitrogens with one attached hydrogen (secondary N) is 2. The smallest absolute Gasteiger partial charge is 0.142 e. The van der Waals surface area contributed by atoms with Gasteiger partial charge in [-0.05, 0) is 76.9 Å². The fourth-order valence-electron chi connectivity index (χ4n) is 7.21. The van der Waals surface area contributed by atoms with Crippen molar-refractivity contribution in [1.29, 1.82) is 0 Å². The summed E-state index contributed by atoms with van der Waals surface area (Å²) in [6.07, 6.45) is 10.5. The Hall–Kier alpha value is -7.11. The summed E-state index contributed by atoms with van der Waals surface area (Å²) in [5, 5.41) is 0. The quantitative estimate of drug-likeness (QED) is 0.137. The lowest BCUT2D eigenvalue weighted by atomic mass is 9.99. The number of nitrogens with zero attached hydrogens (tertiary/aromatic N) is 2. The van der Waals surface area contributed by atoms with Crippen molar-refractivity contribution in [3.8, 4) is 44.5 Å². The number of aldehydes is 1. The summed E-state index contributed by atoms with van der Waals surface area (Å²) in [7, 11) is 0. The van der Waals surface area contributed by atoms with Gasteiger partial charge in [0, 0.05) is 49.9 Å². The molecule has 0 fully saturated rings. The highest BCUT2D eigenvalue weighted by Crippen LogP contribution is 2.40. The Kier molecular flexibility index (Phi) is 7.91. The Morgan fingerprint density at radius 3 is 1.23 bits per heavy atom. The third-order valence-corrected chi connectivity index (χ3v) is 9.50. The van der Waals surface area contributed by atoms with Gasteiger partial charge in [-0.15, -0.1) is 0 Å². The third kappa shape index (κ3) is 5.60. The molecule has 2 N–H and O–H groups in total. The molecular formula is C47H32N4O. The van der Waals surface area contributed by atoms with Crippen molar-refractivity contribution in [2.45, 2.75) is 0 Å². The highest BCUT2D eigenvalue weighted by atomic mass is 16.1. The molecule has 7 aromatic rings. The molecule has 0 saturated carbocycles. The predicted octanol–water partition coefficient (Wildman–Crippen LogP) is 11.4. The molecular weight excluding hydrogens is 637 g/mol. The van der Waals surface area contributed by atoms with E-state index >= 15 is 0 Å². The second-order valence-electron chi connectivity index (χ2n) is 12.7. The van der Waals surface area contributed by atoms with E-state index in [1.54, 1.807) is 0 Å². The first-order valence-electron chi connectivity index (χ1n) is 17.3. The van der Waals surface area contributed by atoms with E-state index in [4.69, 9.17) is 9.97 Å². The van der Waals surface area contributed by atoms with Crippen LogP contribution in [0.4, 0.5) is 0 Å². The largest absolute Gasteiger partial charge is 0.354 e. The normalized spacial score (nSPS) is 12.3. The average Bonchev–Trinajstić information content (AvgIpc) is 4.03. The number of aromatic nitrogens is 4. The van der Waals surface area contributed by atoms with Crippen molar-refractivity contribution in [1.82, 2.24) is 19.9 Å². The minimum absolute atomic E-state index is 0.770. The molecule has 3 aromatic heterocycles. The van der Waals surface area contributed by atoms with Gasteiger partial charge in [0.1, 0.15) is 6.29 Å². The summed E-state index contributed by atoms with van der Waals surface area (Å²) in [5.74, 6) is 0. The summed E-state index contributed by atoms with van der Waals surface area (Å²) in [4.78, 5) is 30.1. The number of H-pyrrole nitrogens is 2. The Morgan fingerprint density at radius 2 is 0.808 bits per heavy atom. The van der Waals surface area contributed by atoms with E-state index in [9.17, 15) is 4.79 Å². The Labute approximate surface area is 301 Å². The van der Waals surface area contributed by atoms with Gasteiger partial charge in [-0.1, -0.05) is 121 Å². The van der Waals surface area contributed by atoms with Gasteiger partial charge >= 0.3 is 0 Å². The molecule has 2 aliphatic heterocycles. The molecule has 0 amide bonds. The second kappa shape index (κ2) is 13.3. The van der Waals surface area contributed by atoms with E-state index in [1.165, 1.54) is 6.08 Å². The lowest BCUT2D eigenvalue weighted by Crippen LogP contribution is -1.90. The maximum Gasteiger partial charge on any atom is 0.142 e. The van der Waals surface area contributed by atoms with E-state index in [0.717, 1.165) is 101 Å². The molecule has 0 aliphatic carbocycles. The van der Waals surface area contributed by atoms with Gasteiger partial charge in [0.15, 0.2) is 0 Å². The van der Waals surface area contributed by atoms with E-state index in [-0.39, 0.29) is 0 Å². The van der Waals surface area contributed by atoms with Crippen LogP contribution in [0.15, 0.2) is 158 Å². The molecule has 9 rings (SSSR count). The Bertz CT molecular complexity index is 2720. The molecule has 0 saturated heterocycles. The molecule has 4 aromatic carbocycles. The zero-order valence-electron chi connectivity index (χ0n) is 28.1. The van der Waals surface area contributed by atoms with E-state index < -0.39 is 0 Å². The zero-order valence-corrected chi connectivity index (χ0v) is 28.1. The van der Waals surface area contributed by atoms with E-state index in [0.29, 0.717) is 0 Å². The lowest BCUT2D eigenvalue weighted by molar-refractivity contribution is -0.104. The van der Waals surface area contributed by atoms with Crippen LogP contribution < -0.4 is 0 Å². The standard InChI is InChI=1S/C47H32N4O/c52-29-13-22-35-30-42-45(33-18-9-3-10-19-33)40-26-25-38(49-40)43(31-14-5-1-6-15-31)36-23-24-37(48-36)44(32-16-7-2-8-17-32)39-27-28-41(50-39)46(47(35)51-42)34-20-11-4-12-21-34/h1-30,49-50H/b22-13+,43-36?,43-38?,44-37?,44-39?,45-40?,45-42?,46-41?,47-46?. The summed E-state index contributed by atoms with van der Waals surface area (Å²) < 4.78 is 0. The SMILES string of the molecule is O=C/C=C/C1=Cc2nc1c(-c1ccccc1)c1ccc([nH]1)c(-c1ccccc1)c1nc(c(-c3ccccc3)c3ccc([nH]3)c2-c2ccccc2)C=C1. The fraction of sp³-hybridized carbons (Fsp3) is 0. The van der Waals surface area contributed by atoms with Crippen LogP contribution in [0, 0.1) is 0 Å². The lowest BCUT2D eigenvalue weighted by Gasteiger charge is -2.07. The molecule has 5 nitrogen and oxygen atoms in total.